The Labute approximate surface area is 93.6 Å². The fourth-order valence-electron chi connectivity index (χ4n) is 1.26. The lowest BCUT2D eigenvalue weighted by Crippen LogP contribution is -1.99. The molecule has 2 nitrogen and oxygen atoms in total. The van der Waals surface area contributed by atoms with Crippen molar-refractivity contribution in [3.63, 3.8) is 0 Å². The zero-order valence-electron chi connectivity index (χ0n) is 8.39. The van der Waals surface area contributed by atoms with Crippen molar-refractivity contribution < 1.29 is 13.5 Å². The maximum absolute atomic E-state index is 13.2. The van der Waals surface area contributed by atoms with E-state index < -0.39 is 13.8 Å². The highest BCUT2D eigenvalue weighted by molar-refractivity contribution is 7.48. The van der Waals surface area contributed by atoms with Gasteiger partial charge in [-0.1, -0.05) is 30.3 Å². The molecule has 0 radical (unpaired) electrons. The molecule has 0 saturated carbocycles. The third-order valence-corrected chi connectivity index (χ3v) is 3.26. The van der Waals surface area contributed by atoms with Gasteiger partial charge in [-0.2, -0.15) is 0 Å². The van der Waals surface area contributed by atoms with Crippen LogP contribution < -0.4 is 9.83 Å². The summed E-state index contributed by atoms with van der Waals surface area (Å²) in [4.78, 5) is 0. The molecule has 1 atom stereocenters. The molecule has 0 saturated heterocycles. The van der Waals surface area contributed by atoms with Crippen molar-refractivity contribution in [2.45, 2.75) is 0 Å². The smallest absolute Gasteiger partial charge is 0.266 e. The molecular weight excluding hydrogens is 226 g/mol. The maximum Gasteiger partial charge on any atom is 0.266 e. The van der Waals surface area contributed by atoms with E-state index in [1.165, 1.54) is 12.1 Å². The Morgan fingerprint density at radius 2 is 1.56 bits per heavy atom. The normalized spacial score (nSPS) is 12.1. The van der Waals surface area contributed by atoms with E-state index in [1.807, 2.05) is 6.07 Å². The summed E-state index contributed by atoms with van der Waals surface area (Å²) in [5.74, 6) is -0.480. The molecule has 4 heteroatoms. The average molecular weight is 236 g/mol. The number of rotatable bonds is 3. The molecule has 0 N–H and O–H groups in total. The molecule has 0 aliphatic rings. The molecule has 0 aromatic heterocycles. The van der Waals surface area contributed by atoms with Crippen molar-refractivity contribution in [2.24, 2.45) is 0 Å². The topological polar surface area (TPSA) is 26.3 Å². The van der Waals surface area contributed by atoms with Crippen molar-refractivity contribution in [2.75, 3.05) is 0 Å². The van der Waals surface area contributed by atoms with Crippen molar-refractivity contribution in [3.8, 4) is 5.75 Å². The monoisotopic (exact) mass is 236 g/mol. The number of hydrogen-bond acceptors (Lipinski definition) is 2. The molecule has 82 valence electrons. The molecule has 1 unspecified atom stereocenters. The summed E-state index contributed by atoms with van der Waals surface area (Å²) in [6.45, 7) is 0. The van der Waals surface area contributed by atoms with Crippen LogP contribution >= 0.6 is 8.03 Å². The van der Waals surface area contributed by atoms with Crippen LogP contribution in [0.3, 0.4) is 0 Å². The fraction of sp³-hybridized carbons (Fsp3) is 0. The van der Waals surface area contributed by atoms with E-state index in [-0.39, 0.29) is 5.75 Å². The molecule has 16 heavy (non-hydrogen) atoms. The van der Waals surface area contributed by atoms with Crippen LogP contribution in [0.2, 0.25) is 0 Å². The summed E-state index contributed by atoms with van der Waals surface area (Å²) in [7, 11) is -2.43. The van der Waals surface area contributed by atoms with Crippen molar-refractivity contribution in [3.05, 3.63) is 60.4 Å². The Morgan fingerprint density at radius 3 is 2.25 bits per heavy atom. The van der Waals surface area contributed by atoms with Crippen molar-refractivity contribution in [1.82, 2.24) is 0 Å². The third-order valence-electron chi connectivity index (χ3n) is 2.05. The van der Waals surface area contributed by atoms with E-state index in [1.54, 1.807) is 36.4 Å². The van der Waals surface area contributed by atoms with E-state index in [2.05, 4.69) is 0 Å². The molecule has 0 bridgehead atoms. The first-order chi connectivity index (χ1) is 7.77. The van der Waals surface area contributed by atoms with Crippen LogP contribution in [0.5, 0.6) is 5.75 Å². The van der Waals surface area contributed by atoms with Gasteiger partial charge in [-0.25, -0.2) is 4.39 Å². The van der Waals surface area contributed by atoms with Crippen LogP contribution in [0.4, 0.5) is 4.39 Å². The summed E-state index contributed by atoms with van der Waals surface area (Å²) < 4.78 is 30.1. The lowest BCUT2D eigenvalue weighted by molar-refractivity contribution is 0.485. The summed E-state index contributed by atoms with van der Waals surface area (Å²) in [6.07, 6.45) is 0. The predicted molar refractivity (Wildman–Crippen MR) is 62.1 cm³/mol. The maximum atomic E-state index is 13.2. The minimum Gasteiger partial charge on any atom is -0.438 e. The van der Waals surface area contributed by atoms with E-state index in [0.717, 1.165) is 0 Å². The highest BCUT2D eigenvalue weighted by Crippen LogP contribution is 2.27. The average Bonchev–Trinajstić information content (AvgIpc) is 2.33. The first kappa shape index (κ1) is 10.9. The zero-order chi connectivity index (χ0) is 11.4. The number of hydrogen-bond donors (Lipinski definition) is 0. The van der Waals surface area contributed by atoms with Crippen LogP contribution in [0.1, 0.15) is 0 Å². The van der Waals surface area contributed by atoms with Gasteiger partial charge in [0.2, 0.25) is 0 Å². The van der Waals surface area contributed by atoms with E-state index >= 15 is 0 Å². The zero-order valence-corrected chi connectivity index (χ0v) is 9.39. The minimum atomic E-state index is -2.43. The van der Waals surface area contributed by atoms with Gasteiger partial charge in [0, 0.05) is 5.30 Å². The van der Waals surface area contributed by atoms with Crippen LogP contribution in [0.25, 0.3) is 0 Å². The van der Waals surface area contributed by atoms with Gasteiger partial charge in [0.1, 0.15) is 0 Å². The van der Waals surface area contributed by atoms with Gasteiger partial charge in [-0.15, -0.1) is 0 Å². The molecule has 2 aromatic carbocycles. The molecule has 0 amide bonds. The first-order valence-corrected chi connectivity index (χ1v) is 6.11. The van der Waals surface area contributed by atoms with Crippen LogP contribution in [-0.4, -0.2) is 0 Å². The van der Waals surface area contributed by atoms with Gasteiger partial charge in [0.05, 0.1) is 0 Å². The molecule has 2 aromatic rings. The number of benzene rings is 2. The fourth-order valence-corrected chi connectivity index (χ4v) is 2.21. The molecule has 0 aliphatic heterocycles. The summed E-state index contributed by atoms with van der Waals surface area (Å²) in [5, 5.41) is 0.579. The van der Waals surface area contributed by atoms with Crippen LogP contribution in [-0.2, 0) is 4.57 Å². The van der Waals surface area contributed by atoms with E-state index in [0.29, 0.717) is 5.30 Å². The Morgan fingerprint density at radius 1 is 0.938 bits per heavy atom. The van der Waals surface area contributed by atoms with Gasteiger partial charge in [-0.3, -0.25) is 4.57 Å². The first-order valence-electron chi connectivity index (χ1n) is 4.79. The molecule has 0 heterocycles. The Bertz CT molecular complexity index is 499. The molecule has 2 rings (SSSR count). The summed E-state index contributed by atoms with van der Waals surface area (Å²) in [5.41, 5.74) is 0. The Balaban J connectivity index is 2.18. The quantitative estimate of drug-likeness (QED) is 0.766. The SMILES string of the molecule is O=[PH](Oc1ccccc1F)c1ccccc1. The van der Waals surface area contributed by atoms with Crippen LogP contribution in [0, 0.1) is 5.82 Å². The van der Waals surface area contributed by atoms with Crippen molar-refractivity contribution in [1.29, 1.82) is 0 Å². The molecule has 0 spiro atoms. The highest BCUT2D eigenvalue weighted by atomic mass is 31.1. The van der Waals surface area contributed by atoms with Crippen LogP contribution in [0.15, 0.2) is 54.6 Å². The molecular formula is C12H10FO2P. The summed E-state index contributed by atoms with van der Waals surface area (Å²) in [6, 6.07) is 14.7. The largest absolute Gasteiger partial charge is 0.438 e. The lowest BCUT2D eigenvalue weighted by atomic mass is 10.3. The molecule has 0 fully saturated rings. The van der Waals surface area contributed by atoms with Gasteiger partial charge < -0.3 is 4.52 Å². The number of halogens is 1. The minimum absolute atomic E-state index is 0.0234. The Kier molecular flexibility index (Phi) is 3.37. The standard InChI is InChI=1S/C12H10FO2P/c13-11-8-4-5-9-12(11)15-16(14)10-6-2-1-3-7-10/h1-9,16H. The van der Waals surface area contributed by atoms with Gasteiger partial charge in [-0.05, 0) is 24.3 Å². The van der Waals surface area contributed by atoms with E-state index in [4.69, 9.17) is 4.52 Å². The van der Waals surface area contributed by atoms with Gasteiger partial charge >= 0.3 is 0 Å². The molecule has 0 aliphatic carbocycles. The number of para-hydroxylation sites is 1. The predicted octanol–water partition coefficient (Wildman–Crippen LogP) is 3.00. The lowest BCUT2D eigenvalue weighted by Gasteiger charge is -2.06. The second-order valence-electron chi connectivity index (χ2n) is 3.19. The highest BCUT2D eigenvalue weighted by Gasteiger charge is 2.07. The van der Waals surface area contributed by atoms with Gasteiger partial charge in [0.25, 0.3) is 8.03 Å². The second-order valence-corrected chi connectivity index (χ2v) is 4.54. The van der Waals surface area contributed by atoms with Crippen molar-refractivity contribution >= 4 is 13.3 Å². The third kappa shape index (κ3) is 2.50. The Hall–Kier alpha value is -1.60. The van der Waals surface area contributed by atoms with E-state index in [9.17, 15) is 8.96 Å². The summed E-state index contributed by atoms with van der Waals surface area (Å²) >= 11 is 0. The van der Waals surface area contributed by atoms with Gasteiger partial charge in [0.15, 0.2) is 11.6 Å². The second kappa shape index (κ2) is 4.95.